The third kappa shape index (κ3) is 4.22. The van der Waals surface area contributed by atoms with Crippen molar-refractivity contribution in [3.63, 3.8) is 0 Å². The molecular weight excluding hydrogens is 510 g/mol. The van der Waals surface area contributed by atoms with E-state index in [9.17, 15) is 0 Å². The van der Waals surface area contributed by atoms with E-state index in [2.05, 4.69) is 155 Å². The fraction of sp³-hybridized carbons (Fsp3) is 0.0769. The van der Waals surface area contributed by atoms with Crippen LogP contribution in [-0.4, -0.2) is 14.6 Å². The highest BCUT2D eigenvalue weighted by molar-refractivity contribution is 6.13. The number of hydrogen-bond donors (Lipinski definition) is 0. The van der Waals surface area contributed by atoms with Crippen LogP contribution in [0, 0.1) is 6.92 Å². The highest BCUT2D eigenvalue weighted by Gasteiger charge is 2.16. The van der Waals surface area contributed by atoms with Crippen LogP contribution in [0.4, 0.5) is 0 Å². The molecule has 0 spiro atoms. The van der Waals surface area contributed by atoms with Crippen molar-refractivity contribution in [1.29, 1.82) is 0 Å². The quantitative estimate of drug-likeness (QED) is 0.208. The van der Waals surface area contributed by atoms with Crippen molar-refractivity contribution in [3.8, 4) is 33.6 Å². The third-order valence-corrected chi connectivity index (χ3v) is 7.99. The number of rotatable bonds is 3. The van der Waals surface area contributed by atoms with Gasteiger partial charge in [0, 0.05) is 16.3 Å². The van der Waals surface area contributed by atoms with Gasteiger partial charge in [0.25, 0.3) is 0 Å². The number of aromatic nitrogens is 3. The molecule has 0 aliphatic carbocycles. The average Bonchev–Trinajstić information content (AvgIpc) is 3.51. The maximum atomic E-state index is 4.65. The summed E-state index contributed by atoms with van der Waals surface area (Å²) in [6.45, 7) is 6.10. The van der Waals surface area contributed by atoms with Gasteiger partial charge in [0.15, 0.2) is 11.5 Å². The van der Waals surface area contributed by atoms with Gasteiger partial charge >= 0.3 is 0 Å². The maximum Gasteiger partial charge on any atom is 0.169 e. The van der Waals surface area contributed by atoms with Gasteiger partial charge in [-0.15, -0.1) is 10.2 Å². The third-order valence-electron chi connectivity index (χ3n) is 7.99. The van der Waals surface area contributed by atoms with Gasteiger partial charge in [-0.25, -0.2) is 0 Å². The predicted octanol–water partition coefficient (Wildman–Crippen LogP) is 10.5. The van der Waals surface area contributed by atoms with Gasteiger partial charge in [-0.2, -0.15) is 0 Å². The Morgan fingerprint density at radius 1 is 0.476 bits per heavy atom. The van der Waals surface area contributed by atoms with Crippen molar-refractivity contribution < 1.29 is 0 Å². The lowest BCUT2D eigenvalue weighted by atomic mass is 9.95. The average molecular weight is 542 g/mol. The predicted molar refractivity (Wildman–Crippen MR) is 178 cm³/mol. The smallest absolute Gasteiger partial charge is 0.169 e. The first-order chi connectivity index (χ1) is 20.7. The summed E-state index contributed by atoms with van der Waals surface area (Å²) in [5, 5.41) is 15.3. The first-order valence-electron chi connectivity index (χ1n) is 14.6. The summed E-state index contributed by atoms with van der Waals surface area (Å²) in [7, 11) is 0. The summed E-state index contributed by atoms with van der Waals surface area (Å²) in [6.07, 6.45) is 0. The number of fused-ring (bicyclic) bond motifs is 7. The molecule has 6 aromatic carbocycles. The number of nitrogens with zero attached hydrogens (tertiary/aromatic N) is 3. The van der Waals surface area contributed by atoms with Gasteiger partial charge in [-0.1, -0.05) is 141 Å². The van der Waals surface area contributed by atoms with Crippen LogP contribution in [0.1, 0.15) is 19.4 Å². The molecule has 0 bridgehead atoms. The Morgan fingerprint density at radius 3 is 1.88 bits per heavy atom. The molecule has 0 amide bonds. The molecule has 0 saturated carbocycles. The summed E-state index contributed by atoms with van der Waals surface area (Å²) in [5.74, 6) is 0.859. The Hall–Kier alpha value is -5.28. The molecule has 8 rings (SSSR count). The molecule has 8 aromatic rings. The van der Waals surface area contributed by atoms with Crippen molar-refractivity contribution in [3.05, 3.63) is 139 Å². The first-order valence-corrected chi connectivity index (χ1v) is 14.6. The van der Waals surface area contributed by atoms with E-state index in [0.717, 1.165) is 27.9 Å². The molecule has 0 N–H and O–H groups in total. The SMILES string of the molecule is CC.Cc1ccc(-c2nnc3c4ccccc4c4cc(-c5ccc(-c6cccc7ccccc67)cc5)ccc4n23)cc1. The van der Waals surface area contributed by atoms with E-state index in [4.69, 9.17) is 0 Å². The van der Waals surface area contributed by atoms with E-state index in [-0.39, 0.29) is 0 Å². The Bertz CT molecular complexity index is 2200. The molecule has 0 aliphatic rings. The van der Waals surface area contributed by atoms with Crippen molar-refractivity contribution in [2.24, 2.45) is 0 Å². The normalized spacial score (nSPS) is 11.2. The Morgan fingerprint density at radius 2 is 1.10 bits per heavy atom. The zero-order valence-corrected chi connectivity index (χ0v) is 24.0. The standard InChI is InChI=1S/C37H25N3.C2H6/c1-24-13-15-28(16-14-24)36-38-39-37-33-11-5-4-10-32(33)34-23-29(21-22-35(34)40(36)37)25-17-19-27(20-18-25)31-12-6-8-26-7-2-3-9-30(26)31;1-2/h2-23H,1H3;1-2H3. The Kier molecular flexibility index (Phi) is 6.48. The van der Waals surface area contributed by atoms with Gasteiger partial charge in [-0.3, -0.25) is 4.40 Å². The molecule has 2 aromatic heterocycles. The van der Waals surface area contributed by atoms with Crippen LogP contribution in [0.15, 0.2) is 133 Å². The number of pyridine rings is 1. The molecule has 0 saturated heterocycles. The van der Waals surface area contributed by atoms with Gasteiger partial charge in [-0.05, 0) is 57.5 Å². The molecule has 3 nitrogen and oxygen atoms in total. The topological polar surface area (TPSA) is 30.2 Å². The van der Waals surface area contributed by atoms with Crippen molar-refractivity contribution >= 4 is 38.1 Å². The summed E-state index contributed by atoms with van der Waals surface area (Å²) in [5.41, 5.74) is 9.13. The Labute approximate surface area is 245 Å². The minimum atomic E-state index is 0.859. The number of aryl methyl sites for hydroxylation is 1. The van der Waals surface area contributed by atoms with Crippen LogP contribution in [0.2, 0.25) is 0 Å². The summed E-state index contributed by atoms with van der Waals surface area (Å²) in [4.78, 5) is 0. The Balaban J connectivity index is 0.00000141. The maximum absolute atomic E-state index is 4.65. The minimum Gasteiger partial charge on any atom is -0.274 e. The van der Waals surface area contributed by atoms with Crippen molar-refractivity contribution in [2.75, 3.05) is 0 Å². The van der Waals surface area contributed by atoms with E-state index < -0.39 is 0 Å². The van der Waals surface area contributed by atoms with Crippen molar-refractivity contribution in [2.45, 2.75) is 20.8 Å². The summed E-state index contributed by atoms with van der Waals surface area (Å²) in [6, 6.07) is 47.7. The van der Waals surface area contributed by atoms with Crippen LogP contribution >= 0.6 is 0 Å². The number of hydrogen-bond acceptors (Lipinski definition) is 2. The van der Waals surface area contributed by atoms with Gasteiger partial charge in [0.1, 0.15) is 0 Å². The fourth-order valence-electron chi connectivity index (χ4n) is 5.94. The van der Waals surface area contributed by atoms with E-state index in [1.54, 1.807) is 0 Å². The second-order valence-electron chi connectivity index (χ2n) is 10.4. The molecular formula is C39H31N3. The lowest BCUT2D eigenvalue weighted by Crippen LogP contribution is -1.95. The summed E-state index contributed by atoms with van der Waals surface area (Å²) < 4.78 is 2.20. The van der Waals surface area contributed by atoms with E-state index in [1.807, 2.05) is 13.8 Å². The molecule has 0 unspecified atom stereocenters. The van der Waals surface area contributed by atoms with Crippen molar-refractivity contribution in [1.82, 2.24) is 14.6 Å². The lowest BCUT2D eigenvalue weighted by molar-refractivity contribution is 1.12. The van der Waals surface area contributed by atoms with Crippen LogP contribution in [0.25, 0.3) is 71.7 Å². The van der Waals surface area contributed by atoms with Crippen LogP contribution < -0.4 is 0 Å². The minimum absolute atomic E-state index is 0.859. The highest BCUT2D eigenvalue weighted by Crippen LogP contribution is 2.36. The fourth-order valence-corrected chi connectivity index (χ4v) is 5.94. The largest absolute Gasteiger partial charge is 0.274 e. The second-order valence-corrected chi connectivity index (χ2v) is 10.4. The summed E-state index contributed by atoms with van der Waals surface area (Å²) >= 11 is 0. The number of benzene rings is 6. The van der Waals surface area contributed by atoms with Gasteiger partial charge in [0.2, 0.25) is 0 Å². The molecule has 2 heterocycles. The van der Waals surface area contributed by atoms with E-state index >= 15 is 0 Å². The zero-order chi connectivity index (χ0) is 28.6. The van der Waals surface area contributed by atoms with Crippen LogP contribution in [-0.2, 0) is 0 Å². The van der Waals surface area contributed by atoms with E-state index in [0.29, 0.717) is 0 Å². The molecule has 0 atom stereocenters. The second kappa shape index (κ2) is 10.6. The van der Waals surface area contributed by atoms with E-state index in [1.165, 1.54) is 49.4 Å². The van der Waals surface area contributed by atoms with Gasteiger partial charge < -0.3 is 0 Å². The highest BCUT2D eigenvalue weighted by atomic mass is 15.2. The zero-order valence-electron chi connectivity index (χ0n) is 24.0. The molecule has 0 aliphatic heterocycles. The lowest BCUT2D eigenvalue weighted by Gasteiger charge is -2.12. The van der Waals surface area contributed by atoms with Gasteiger partial charge in [0.05, 0.1) is 5.52 Å². The monoisotopic (exact) mass is 541 g/mol. The molecule has 202 valence electrons. The van der Waals surface area contributed by atoms with Crippen LogP contribution in [0.3, 0.4) is 0 Å². The first kappa shape index (κ1) is 25.7. The molecule has 0 fully saturated rings. The molecule has 3 heteroatoms. The molecule has 42 heavy (non-hydrogen) atoms. The van der Waals surface area contributed by atoms with Crippen LogP contribution in [0.5, 0.6) is 0 Å². The molecule has 0 radical (unpaired) electrons.